The van der Waals surface area contributed by atoms with Crippen LogP contribution in [0.5, 0.6) is 0 Å². The fourth-order valence-electron chi connectivity index (χ4n) is 3.21. The van der Waals surface area contributed by atoms with E-state index in [0.717, 1.165) is 24.5 Å². The first-order chi connectivity index (χ1) is 9.15. The van der Waals surface area contributed by atoms with E-state index in [0.29, 0.717) is 17.1 Å². The minimum absolute atomic E-state index is 0.410. The first-order valence-electron chi connectivity index (χ1n) is 6.91. The number of piperazine rings is 1. The summed E-state index contributed by atoms with van der Waals surface area (Å²) in [4.78, 5) is 9.97. The highest BCUT2D eigenvalue weighted by Crippen LogP contribution is 2.27. The number of hydrogen-bond acceptors (Lipinski definition) is 4. The molecular formula is C14H20N4S. The molecule has 2 unspecified atom stereocenters. The number of pyridine rings is 1. The fourth-order valence-corrected chi connectivity index (χ4v) is 3.33. The molecule has 1 aromatic heterocycles. The van der Waals surface area contributed by atoms with Crippen LogP contribution in [0.4, 0.5) is 5.82 Å². The summed E-state index contributed by atoms with van der Waals surface area (Å²) in [6.45, 7) is 5.76. The lowest BCUT2D eigenvalue weighted by Gasteiger charge is -2.43. The molecule has 3 heterocycles. The van der Waals surface area contributed by atoms with E-state index in [9.17, 15) is 0 Å². The molecule has 4 nitrogen and oxygen atoms in total. The molecular weight excluding hydrogens is 256 g/mol. The molecule has 2 fully saturated rings. The number of aromatic nitrogens is 1. The smallest absolute Gasteiger partial charge is 0.128 e. The summed E-state index contributed by atoms with van der Waals surface area (Å²) in [5, 5.41) is 0. The van der Waals surface area contributed by atoms with Crippen LogP contribution in [0.3, 0.4) is 0 Å². The van der Waals surface area contributed by atoms with E-state index in [4.69, 9.17) is 18.0 Å². The van der Waals surface area contributed by atoms with Gasteiger partial charge in [0.2, 0.25) is 0 Å². The zero-order valence-electron chi connectivity index (χ0n) is 11.2. The fraction of sp³-hybridized carbons (Fsp3) is 0.571. The summed E-state index contributed by atoms with van der Waals surface area (Å²) < 4.78 is 0. The van der Waals surface area contributed by atoms with Crippen molar-refractivity contribution in [3.05, 3.63) is 23.9 Å². The molecule has 0 bridgehead atoms. The van der Waals surface area contributed by atoms with E-state index in [1.54, 1.807) is 6.20 Å². The molecule has 19 heavy (non-hydrogen) atoms. The van der Waals surface area contributed by atoms with Gasteiger partial charge in [0.15, 0.2) is 0 Å². The standard InChI is InChI=1S/C14H20N4S/c1-10-8-17-6-2-3-12(17)9-18(10)13-5-4-11(7-16-13)14(15)19/h4-5,7,10,12H,2-3,6,8-9H2,1H3,(H2,15,19). The monoisotopic (exact) mass is 276 g/mol. The number of nitrogens with two attached hydrogens (primary N) is 1. The van der Waals surface area contributed by atoms with E-state index in [1.165, 1.54) is 19.4 Å². The Hall–Kier alpha value is -1.20. The van der Waals surface area contributed by atoms with Crippen LogP contribution in [-0.2, 0) is 0 Å². The van der Waals surface area contributed by atoms with Crippen LogP contribution in [0.1, 0.15) is 25.3 Å². The second-order valence-electron chi connectivity index (χ2n) is 5.56. The quantitative estimate of drug-likeness (QED) is 0.827. The highest BCUT2D eigenvalue weighted by atomic mass is 32.1. The van der Waals surface area contributed by atoms with Gasteiger partial charge in [-0.05, 0) is 38.4 Å². The minimum atomic E-state index is 0.410. The van der Waals surface area contributed by atoms with Crippen molar-refractivity contribution in [2.75, 3.05) is 24.5 Å². The molecule has 1 aromatic rings. The molecule has 0 amide bonds. The van der Waals surface area contributed by atoms with Crippen molar-refractivity contribution in [3.8, 4) is 0 Å². The Kier molecular flexibility index (Phi) is 3.41. The molecule has 2 saturated heterocycles. The van der Waals surface area contributed by atoms with Crippen molar-refractivity contribution >= 4 is 23.0 Å². The summed E-state index contributed by atoms with van der Waals surface area (Å²) in [5.41, 5.74) is 6.45. The highest BCUT2D eigenvalue weighted by Gasteiger charge is 2.34. The maximum absolute atomic E-state index is 5.61. The zero-order chi connectivity index (χ0) is 13.4. The number of fused-ring (bicyclic) bond motifs is 1. The van der Waals surface area contributed by atoms with E-state index < -0.39 is 0 Å². The van der Waals surface area contributed by atoms with Crippen LogP contribution in [0.2, 0.25) is 0 Å². The summed E-state index contributed by atoms with van der Waals surface area (Å²) in [6, 6.07) is 5.22. The molecule has 2 atom stereocenters. The molecule has 2 N–H and O–H groups in total. The number of anilines is 1. The summed E-state index contributed by atoms with van der Waals surface area (Å²) >= 11 is 4.96. The molecule has 0 spiro atoms. The number of thiocarbonyl (C=S) groups is 1. The van der Waals surface area contributed by atoms with E-state index in [1.807, 2.05) is 12.1 Å². The van der Waals surface area contributed by atoms with Crippen LogP contribution in [0.15, 0.2) is 18.3 Å². The van der Waals surface area contributed by atoms with Crippen LogP contribution >= 0.6 is 12.2 Å². The van der Waals surface area contributed by atoms with Gasteiger partial charge in [-0.1, -0.05) is 12.2 Å². The van der Waals surface area contributed by atoms with Gasteiger partial charge in [0.25, 0.3) is 0 Å². The molecule has 3 rings (SSSR count). The van der Waals surface area contributed by atoms with Crippen molar-refractivity contribution in [2.24, 2.45) is 5.73 Å². The molecule has 0 radical (unpaired) electrons. The zero-order valence-corrected chi connectivity index (χ0v) is 12.1. The largest absolute Gasteiger partial charge is 0.389 e. The molecule has 2 aliphatic heterocycles. The van der Waals surface area contributed by atoms with Crippen molar-refractivity contribution in [1.82, 2.24) is 9.88 Å². The average molecular weight is 276 g/mol. The van der Waals surface area contributed by atoms with Gasteiger partial charge < -0.3 is 10.6 Å². The molecule has 0 aromatic carbocycles. The Balaban J connectivity index is 1.79. The maximum Gasteiger partial charge on any atom is 0.128 e. The lowest BCUT2D eigenvalue weighted by Crippen LogP contribution is -2.55. The summed E-state index contributed by atoms with van der Waals surface area (Å²) in [5.74, 6) is 1.04. The predicted molar refractivity (Wildman–Crippen MR) is 81.5 cm³/mol. The SMILES string of the molecule is CC1CN2CCCC2CN1c1ccc(C(N)=S)cn1. The topological polar surface area (TPSA) is 45.4 Å². The predicted octanol–water partition coefficient (Wildman–Crippen LogP) is 1.39. The van der Waals surface area contributed by atoms with Gasteiger partial charge in [-0.2, -0.15) is 0 Å². The third kappa shape index (κ3) is 2.44. The van der Waals surface area contributed by atoms with Gasteiger partial charge in [-0.25, -0.2) is 4.98 Å². The summed E-state index contributed by atoms with van der Waals surface area (Å²) in [6.07, 6.45) is 4.43. The van der Waals surface area contributed by atoms with E-state index in [-0.39, 0.29) is 0 Å². The normalized spacial score (nSPS) is 27.3. The van der Waals surface area contributed by atoms with Crippen LogP contribution in [0.25, 0.3) is 0 Å². The van der Waals surface area contributed by atoms with Crippen molar-refractivity contribution in [1.29, 1.82) is 0 Å². The van der Waals surface area contributed by atoms with Crippen molar-refractivity contribution < 1.29 is 0 Å². The maximum atomic E-state index is 5.61. The van der Waals surface area contributed by atoms with Gasteiger partial charge in [-0.15, -0.1) is 0 Å². The first kappa shape index (κ1) is 12.8. The van der Waals surface area contributed by atoms with Gasteiger partial charge in [-0.3, -0.25) is 4.90 Å². The molecule has 0 saturated carbocycles. The Bertz CT molecular complexity index is 473. The van der Waals surface area contributed by atoms with E-state index >= 15 is 0 Å². The van der Waals surface area contributed by atoms with Gasteiger partial charge in [0.05, 0.1) is 0 Å². The molecule has 0 aliphatic carbocycles. The van der Waals surface area contributed by atoms with Crippen LogP contribution in [0, 0.1) is 0 Å². The second kappa shape index (κ2) is 5.06. The van der Waals surface area contributed by atoms with Gasteiger partial charge in [0, 0.05) is 36.9 Å². The molecule has 2 aliphatic rings. The molecule has 5 heteroatoms. The Morgan fingerprint density at radius 3 is 2.95 bits per heavy atom. The average Bonchev–Trinajstić information content (AvgIpc) is 2.85. The lowest BCUT2D eigenvalue weighted by molar-refractivity contribution is 0.202. The third-order valence-corrected chi connectivity index (χ3v) is 4.50. The molecule has 102 valence electrons. The highest BCUT2D eigenvalue weighted by molar-refractivity contribution is 7.80. The van der Waals surface area contributed by atoms with Crippen molar-refractivity contribution in [3.63, 3.8) is 0 Å². The number of hydrogen-bond donors (Lipinski definition) is 1. The second-order valence-corrected chi connectivity index (χ2v) is 6.00. The Morgan fingerprint density at radius 2 is 2.26 bits per heavy atom. The first-order valence-corrected chi connectivity index (χ1v) is 7.32. The van der Waals surface area contributed by atoms with Crippen molar-refractivity contribution in [2.45, 2.75) is 31.8 Å². The van der Waals surface area contributed by atoms with E-state index in [2.05, 4.69) is 21.7 Å². The summed E-state index contributed by atoms with van der Waals surface area (Å²) in [7, 11) is 0. The third-order valence-electron chi connectivity index (χ3n) is 4.26. The van der Waals surface area contributed by atoms with Crippen LogP contribution in [-0.4, -0.2) is 46.6 Å². The number of nitrogens with zero attached hydrogens (tertiary/aromatic N) is 3. The van der Waals surface area contributed by atoms with Crippen LogP contribution < -0.4 is 10.6 Å². The minimum Gasteiger partial charge on any atom is -0.389 e. The Labute approximate surface area is 119 Å². The van der Waals surface area contributed by atoms with Gasteiger partial charge in [0.1, 0.15) is 10.8 Å². The lowest BCUT2D eigenvalue weighted by atomic mass is 10.1. The number of rotatable bonds is 2. The Morgan fingerprint density at radius 1 is 1.42 bits per heavy atom. The van der Waals surface area contributed by atoms with Gasteiger partial charge >= 0.3 is 0 Å².